The molecule has 1 aromatic carbocycles. The molecule has 0 aliphatic carbocycles. The molecule has 0 atom stereocenters. The highest BCUT2D eigenvalue weighted by atomic mass is 19.1. The fourth-order valence-electron chi connectivity index (χ4n) is 2.97. The smallest absolute Gasteiger partial charge is 0.263 e. The predicted molar refractivity (Wildman–Crippen MR) is 93.1 cm³/mol. The first-order valence-electron chi connectivity index (χ1n) is 8.25. The van der Waals surface area contributed by atoms with Crippen LogP contribution in [0.15, 0.2) is 33.6 Å². The molecule has 7 nitrogen and oxygen atoms in total. The maximum Gasteiger partial charge on any atom is 0.263 e. The Kier molecular flexibility index (Phi) is 4.27. The van der Waals surface area contributed by atoms with Crippen molar-refractivity contribution in [1.82, 2.24) is 20.3 Å². The Hall–Kier alpha value is -3.36. The third-order valence-corrected chi connectivity index (χ3v) is 4.26. The van der Waals surface area contributed by atoms with Gasteiger partial charge in [-0.05, 0) is 32.4 Å². The zero-order valence-electron chi connectivity index (χ0n) is 14.6. The minimum atomic E-state index is -0.703. The van der Waals surface area contributed by atoms with E-state index in [1.807, 2.05) is 13.8 Å². The van der Waals surface area contributed by atoms with Gasteiger partial charge >= 0.3 is 0 Å². The Morgan fingerprint density at radius 1 is 1.00 bits per heavy atom. The number of benzene rings is 1. The maximum atomic E-state index is 13.6. The summed E-state index contributed by atoms with van der Waals surface area (Å²) in [7, 11) is 0. The van der Waals surface area contributed by atoms with E-state index < -0.39 is 11.6 Å². The van der Waals surface area contributed by atoms with Crippen molar-refractivity contribution in [3.05, 3.63) is 53.2 Å². The quantitative estimate of drug-likeness (QED) is 0.570. The number of aryl methyl sites for hydroxylation is 2. The fraction of sp³-hybridized carbons (Fsp3) is 0.222. The van der Waals surface area contributed by atoms with Crippen LogP contribution in [0.4, 0.5) is 14.6 Å². The van der Waals surface area contributed by atoms with Gasteiger partial charge in [0.1, 0.15) is 40.6 Å². The van der Waals surface area contributed by atoms with Crippen LogP contribution < -0.4 is 5.32 Å². The first kappa shape index (κ1) is 17.1. The van der Waals surface area contributed by atoms with Crippen LogP contribution in [0, 0.1) is 25.5 Å². The van der Waals surface area contributed by atoms with Crippen molar-refractivity contribution >= 4 is 16.9 Å². The SMILES string of the molecule is Cc1noc(C)c1CCNc1ncnc2onc(-c3cc(F)cc(F)c3)c12. The van der Waals surface area contributed by atoms with Crippen LogP contribution in [0.2, 0.25) is 0 Å². The van der Waals surface area contributed by atoms with Crippen molar-refractivity contribution in [3.8, 4) is 11.3 Å². The third-order valence-electron chi connectivity index (χ3n) is 4.26. The second-order valence-corrected chi connectivity index (χ2v) is 6.07. The minimum Gasteiger partial charge on any atom is -0.369 e. The Bertz CT molecular complexity index is 1080. The monoisotopic (exact) mass is 371 g/mol. The van der Waals surface area contributed by atoms with Crippen LogP contribution in [0.25, 0.3) is 22.4 Å². The van der Waals surface area contributed by atoms with Crippen molar-refractivity contribution in [2.45, 2.75) is 20.3 Å². The normalized spacial score (nSPS) is 11.3. The highest BCUT2D eigenvalue weighted by molar-refractivity contribution is 5.97. The van der Waals surface area contributed by atoms with Crippen molar-refractivity contribution in [1.29, 1.82) is 0 Å². The third kappa shape index (κ3) is 3.23. The summed E-state index contributed by atoms with van der Waals surface area (Å²) < 4.78 is 37.6. The average Bonchev–Trinajstić information content (AvgIpc) is 3.19. The second-order valence-electron chi connectivity index (χ2n) is 6.07. The van der Waals surface area contributed by atoms with E-state index in [9.17, 15) is 8.78 Å². The number of halogens is 2. The van der Waals surface area contributed by atoms with Gasteiger partial charge in [-0.2, -0.15) is 4.98 Å². The lowest BCUT2D eigenvalue weighted by atomic mass is 10.1. The van der Waals surface area contributed by atoms with Gasteiger partial charge in [0.05, 0.1) is 5.69 Å². The van der Waals surface area contributed by atoms with Gasteiger partial charge < -0.3 is 14.4 Å². The fourth-order valence-corrected chi connectivity index (χ4v) is 2.97. The number of anilines is 1. The molecule has 0 fully saturated rings. The summed E-state index contributed by atoms with van der Waals surface area (Å²) in [5, 5.41) is 11.5. The summed E-state index contributed by atoms with van der Waals surface area (Å²) >= 11 is 0. The van der Waals surface area contributed by atoms with Gasteiger partial charge in [-0.1, -0.05) is 10.3 Å². The molecule has 0 radical (unpaired) electrons. The standard InChI is InChI=1S/C18H15F2N5O2/c1-9-14(10(2)26-24-9)3-4-21-17-15-16(25-27-18(15)23-8-22-17)11-5-12(19)7-13(20)6-11/h5-8H,3-4H2,1-2H3,(H,21,22,23). The number of hydrogen-bond donors (Lipinski definition) is 1. The first-order valence-corrected chi connectivity index (χ1v) is 8.25. The van der Waals surface area contributed by atoms with Gasteiger partial charge in [-0.3, -0.25) is 0 Å². The lowest BCUT2D eigenvalue weighted by Crippen LogP contribution is -2.08. The van der Waals surface area contributed by atoms with Gasteiger partial charge in [-0.25, -0.2) is 13.8 Å². The van der Waals surface area contributed by atoms with Crippen molar-refractivity contribution in [2.24, 2.45) is 0 Å². The molecule has 0 spiro atoms. The van der Waals surface area contributed by atoms with E-state index in [2.05, 4.69) is 25.6 Å². The first-order chi connectivity index (χ1) is 13.0. The van der Waals surface area contributed by atoms with Crippen molar-refractivity contribution < 1.29 is 17.8 Å². The highest BCUT2D eigenvalue weighted by Crippen LogP contribution is 2.32. The number of rotatable bonds is 5. The lowest BCUT2D eigenvalue weighted by Gasteiger charge is -2.07. The van der Waals surface area contributed by atoms with E-state index >= 15 is 0 Å². The summed E-state index contributed by atoms with van der Waals surface area (Å²) in [5.41, 5.74) is 2.59. The molecule has 9 heteroatoms. The van der Waals surface area contributed by atoms with E-state index in [-0.39, 0.29) is 17.0 Å². The van der Waals surface area contributed by atoms with Crippen molar-refractivity contribution in [2.75, 3.05) is 11.9 Å². The topological polar surface area (TPSA) is 89.9 Å². The highest BCUT2D eigenvalue weighted by Gasteiger charge is 2.18. The molecule has 0 bridgehead atoms. The zero-order chi connectivity index (χ0) is 19.0. The van der Waals surface area contributed by atoms with Gasteiger partial charge in [0, 0.05) is 23.7 Å². The van der Waals surface area contributed by atoms with Crippen LogP contribution >= 0.6 is 0 Å². The summed E-state index contributed by atoms with van der Waals surface area (Å²) in [6.07, 6.45) is 2.00. The van der Waals surface area contributed by atoms with Gasteiger partial charge in [0.15, 0.2) is 0 Å². The van der Waals surface area contributed by atoms with Crippen LogP contribution in [0.5, 0.6) is 0 Å². The Labute approximate surface area is 152 Å². The molecule has 3 aromatic heterocycles. The molecule has 3 heterocycles. The molecule has 0 saturated heterocycles. The predicted octanol–water partition coefficient (Wildman–Crippen LogP) is 3.82. The average molecular weight is 371 g/mol. The number of nitrogens with one attached hydrogen (secondary N) is 1. The Balaban J connectivity index is 1.66. The van der Waals surface area contributed by atoms with E-state index in [1.165, 1.54) is 18.5 Å². The molecule has 0 aliphatic heterocycles. The maximum absolute atomic E-state index is 13.6. The molecule has 4 rings (SSSR count). The van der Waals surface area contributed by atoms with Gasteiger partial charge in [-0.15, -0.1) is 0 Å². The molecule has 1 N–H and O–H groups in total. The van der Waals surface area contributed by atoms with Crippen LogP contribution in [0.3, 0.4) is 0 Å². The van der Waals surface area contributed by atoms with E-state index in [0.29, 0.717) is 24.2 Å². The van der Waals surface area contributed by atoms with E-state index in [0.717, 1.165) is 23.1 Å². The summed E-state index contributed by atoms with van der Waals surface area (Å²) in [4.78, 5) is 8.25. The second kappa shape index (κ2) is 6.75. The molecule has 0 aliphatic rings. The van der Waals surface area contributed by atoms with Crippen LogP contribution in [-0.4, -0.2) is 26.8 Å². The molecule has 138 valence electrons. The van der Waals surface area contributed by atoms with Crippen LogP contribution in [0.1, 0.15) is 17.0 Å². The number of fused-ring (bicyclic) bond motifs is 1. The zero-order valence-corrected chi connectivity index (χ0v) is 14.6. The number of aromatic nitrogens is 4. The summed E-state index contributed by atoms with van der Waals surface area (Å²) in [6.45, 7) is 4.28. The van der Waals surface area contributed by atoms with Crippen molar-refractivity contribution in [3.63, 3.8) is 0 Å². The van der Waals surface area contributed by atoms with E-state index in [4.69, 9.17) is 9.05 Å². The summed E-state index contributed by atoms with van der Waals surface area (Å²) in [6, 6.07) is 3.16. The Morgan fingerprint density at radius 2 is 1.78 bits per heavy atom. The minimum absolute atomic E-state index is 0.226. The van der Waals surface area contributed by atoms with E-state index in [1.54, 1.807) is 0 Å². The Morgan fingerprint density at radius 3 is 2.48 bits per heavy atom. The number of hydrogen-bond acceptors (Lipinski definition) is 7. The van der Waals surface area contributed by atoms with Gasteiger partial charge in [0.2, 0.25) is 0 Å². The number of nitrogens with zero attached hydrogens (tertiary/aromatic N) is 4. The van der Waals surface area contributed by atoms with Gasteiger partial charge in [0.25, 0.3) is 5.71 Å². The molecule has 27 heavy (non-hydrogen) atoms. The van der Waals surface area contributed by atoms with Crippen LogP contribution in [-0.2, 0) is 6.42 Å². The molecular weight excluding hydrogens is 356 g/mol. The molecule has 0 amide bonds. The lowest BCUT2D eigenvalue weighted by molar-refractivity contribution is 0.392. The molecule has 0 unspecified atom stereocenters. The molecule has 4 aromatic rings. The molecule has 0 saturated carbocycles. The summed E-state index contributed by atoms with van der Waals surface area (Å²) in [5.74, 6) is -0.174. The largest absolute Gasteiger partial charge is 0.369 e. The molecular formula is C18H15F2N5O2.